The van der Waals surface area contributed by atoms with Gasteiger partial charge in [0, 0.05) is 15.6 Å². The predicted octanol–water partition coefficient (Wildman–Crippen LogP) is 3.97. The summed E-state index contributed by atoms with van der Waals surface area (Å²) in [5.74, 6) is 1.28. The molecule has 1 heterocycles. The van der Waals surface area contributed by atoms with Gasteiger partial charge in [-0.25, -0.2) is 5.10 Å². The Kier molecular flexibility index (Phi) is 4.77. The quantitative estimate of drug-likeness (QED) is 0.509. The second-order valence-electron chi connectivity index (χ2n) is 4.81. The van der Waals surface area contributed by atoms with E-state index >= 15 is 0 Å². The first kappa shape index (κ1) is 16.4. The van der Waals surface area contributed by atoms with Gasteiger partial charge in [0.2, 0.25) is 4.77 Å². The average Bonchev–Trinajstić information content (AvgIpc) is 2.95. The van der Waals surface area contributed by atoms with Gasteiger partial charge in [0.05, 0.1) is 13.3 Å². The minimum Gasteiger partial charge on any atom is -0.507 e. The summed E-state index contributed by atoms with van der Waals surface area (Å²) < 4.78 is 7.87. The molecule has 3 aromatic rings. The van der Waals surface area contributed by atoms with Crippen molar-refractivity contribution in [2.24, 2.45) is 5.10 Å². The molecule has 0 saturated heterocycles. The van der Waals surface area contributed by atoms with E-state index in [1.165, 1.54) is 10.9 Å². The van der Waals surface area contributed by atoms with Crippen LogP contribution >= 0.6 is 28.1 Å². The van der Waals surface area contributed by atoms with Crippen molar-refractivity contribution in [2.45, 2.75) is 0 Å². The number of benzene rings is 2. The third-order valence-electron chi connectivity index (χ3n) is 3.31. The van der Waals surface area contributed by atoms with Crippen LogP contribution in [0.4, 0.5) is 0 Å². The van der Waals surface area contributed by atoms with E-state index in [-0.39, 0.29) is 5.75 Å². The van der Waals surface area contributed by atoms with E-state index in [9.17, 15) is 5.11 Å². The molecule has 0 unspecified atom stereocenters. The summed E-state index contributed by atoms with van der Waals surface area (Å²) in [4.78, 5) is 0. The fraction of sp³-hybridized carbons (Fsp3) is 0.0625. The minimum absolute atomic E-state index is 0.0944. The maximum atomic E-state index is 9.95. The highest BCUT2D eigenvalue weighted by molar-refractivity contribution is 9.10. The van der Waals surface area contributed by atoms with Gasteiger partial charge in [-0.2, -0.15) is 14.9 Å². The molecule has 6 nitrogen and oxygen atoms in total. The molecule has 0 radical (unpaired) electrons. The molecule has 122 valence electrons. The van der Waals surface area contributed by atoms with Gasteiger partial charge in [0.15, 0.2) is 5.82 Å². The van der Waals surface area contributed by atoms with Crippen molar-refractivity contribution in [3.8, 4) is 22.9 Å². The summed E-state index contributed by atoms with van der Waals surface area (Å²) in [6.45, 7) is 0. The molecule has 0 atom stereocenters. The number of nitrogens with zero attached hydrogens (tertiary/aromatic N) is 3. The van der Waals surface area contributed by atoms with Crippen LogP contribution in [0.1, 0.15) is 5.56 Å². The van der Waals surface area contributed by atoms with Gasteiger partial charge in [0.25, 0.3) is 0 Å². The maximum Gasteiger partial charge on any atom is 0.216 e. The number of phenols is 1. The van der Waals surface area contributed by atoms with Crippen LogP contribution in [0.2, 0.25) is 0 Å². The maximum absolute atomic E-state index is 9.95. The number of hydrogen-bond acceptors (Lipinski definition) is 5. The van der Waals surface area contributed by atoms with Gasteiger partial charge < -0.3 is 9.84 Å². The van der Waals surface area contributed by atoms with Crippen molar-refractivity contribution in [2.75, 3.05) is 7.11 Å². The van der Waals surface area contributed by atoms with Crippen LogP contribution < -0.4 is 4.74 Å². The number of halogens is 1. The molecule has 2 aromatic carbocycles. The Labute approximate surface area is 151 Å². The number of phenolic OH excluding ortho intramolecular Hbond substituents is 1. The highest BCUT2D eigenvalue weighted by atomic mass is 79.9. The normalized spacial score (nSPS) is 11.1. The molecule has 0 spiro atoms. The molecule has 8 heteroatoms. The molecular weight excluding hydrogens is 392 g/mol. The Morgan fingerprint density at radius 2 is 2.12 bits per heavy atom. The Bertz CT molecular complexity index is 965. The monoisotopic (exact) mass is 404 g/mol. The summed E-state index contributed by atoms with van der Waals surface area (Å²) in [5, 5.41) is 21.3. The van der Waals surface area contributed by atoms with E-state index in [1.54, 1.807) is 25.3 Å². The lowest BCUT2D eigenvalue weighted by Crippen LogP contribution is -1.96. The van der Waals surface area contributed by atoms with Gasteiger partial charge in [0.1, 0.15) is 11.5 Å². The lowest BCUT2D eigenvalue weighted by atomic mass is 10.2. The molecule has 0 bridgehead atoms. The molecule has 0 saturated carbocycles. The summed E-state index contributed by atoms with van der Waals surface area (Å²) in [7, 11) is 1.56. The highest BCUT2D eigenvalue weighted by Crippen LogP contribution is 2.26. The number of H-pyrrole nitrogens is 1. The molecule has 0 amide bonds. The number of aromatic amines is 1. The number of nitrogens with one attached hydrogen (secondary N) is 1. The van der Waals surface area contributed by atoms with E-state index in [2.05, 4.69) is 31.2 Å². The van der Waals surface area contributed by atoms with Crippen molar-refractivity contribution in [1.82, 2.24) is 14.9 Å². The van der Waals surface area contributed by atoms with Crippen LogP contribution in [0, 0.1) is 4.77 Å². The number of aromatic hydroxyl groups is 1. The molecule has 2 N–H and O–H groups in total. The lowest BCUT2D eigenvalue weighted by molar-refractivity contribution is 0.412. The largest absolute Gasteiger partial charge is 0.507 e. The predicted molar refractivity (Wildman–Crippen MR) is 98.2 cm³/mol. The first-order chi connectivity index (χ1) is 11.6. The van der Waals surface area contributed by atoms with Crippen molar-refractivity contribution in [3.63, 3.8) is 0 Å². The summed E-state index contributed by atoms with van der Waals surface area (Å²) in [6.07, 6.45) is 1.50. The van der Waals surface area contributed by atoms with Crippen molar-refractivity contribution < 1.29 is 9.84 Å². The van der Waals surface area contributed by atoms with E-state index in [1.807, 2.05) is 24.3 Å². The smallest absolute Gasteiger partial charge is 0.216 e. The Morgan fingerprint density at radius 3 is 2.88 bits per heavy atom. The van der Waals surface area contributed by atoms with E-state index in [4.69, 9.17) is 17.0 Å². The topological polar surface area (TPSA) is 75.4 Å². The zero-order chi connectivity index (χ0) is 17.1. The third-order valence-corrected chi connectivity index (χ3v) is 4.27. The number of aromatic nitrogens is 3. The van der Waals surface area contributed by atoms with Crippen LogP contribution in [0.5, 0.6) is 11.5 Å². The highest BCUT2D eigenvalue weighted by Gasteiger charge is 2.11. The van der Waals surface area contributed by atoms with E-state index in [0.29, 0.717) is 21.9 Å². The van der Waals surface area contributed by atoms with Crippen LogP contribution in [0.3, 0.4) is 0 Å². The third kappa shape index (κ3) is 3.24. The lowest BCUT2D eigenvalue weighted by Gasteiger charge is -2.05. The Hall–Kier alpha value is -2.45. The van der Waals surface area contributed by atoms with Crippen molar-refractivity contribution in [1.29, 1.82) is 0 Å². The molecule has 1 aromatic heterocycles. The first-order valence-electron chi connectivity index (χ1n) is 6.94. The van der Waals surface area contributed by atoms with Crippen LogP contribution in [0.15, 0.2) is 52.0 Å². The zero-order valence-electron chi connectivity index (χ0n) is 12.6. The number of hydrogen-bond donors (Lipinski definition) is 2. The molecule has 3 rings (SSSR count). The van der Waals surface area contributed by atoms with E-state index < -0.39 is 0 Å². The SMILES string of the molecule is COc1ccc(O)c(/C=N/n2c(-c3ccccc3Br)n[nH]c2=S)c1. The van der Waals surface area contributed by atoms with Gasteiger partial charge >= 0.3 is 0 Å². The van der Waals surface area contributed by atoms with Gasteiger partial charge in [-0.3, -0.25) is 0 Å². The number of rotatable bonds is 4. The standard InChI is InChI=1S/C16H13BrN4O2S/c1-23-11-6-7-14(22)10(8-11)9-18-21-15(19-20-16(21)24)12-4-2-3-5-13(12)17/h2-9,22H,1H3,(H,20,24)/b18-9+. The molecule has 0 aliphatic heterocycles. The number of ether oxygens (including phenoxy) is 1. The van der Waals surface area contributed by atoms with Crippen molar-refractivity contribution >= 4 is 34.4 Å². The van der Waals surface area contributed by atoms with Gasteiger partial charge in [-0.15, -0.1) is 0 Å². The minimum atomic E-state index is 0.0944. The van der Waals surface area contributed by atoms with Gasteiger partial charge in [-0.1, -0.05) is 28.1 Å². The fourth-order valence-electron chi connectivity index (χ4n) is 2.10. The molecule has 0 aliphatic carbocycles. The second kappa shape index (κ2) is 6.98. The second-order valence-corrected chi connectivity index (χ2v) is 6.05. The fourth-order valence-corrected chi connectivity index (χ4v) is 2.74. The van der Waals surface area contributed by atoms with Crippen LogP contribution in [0.25, 0.3) is 11.4 Å². The average molecular weight is 405 g/mol. The summed E-state index contributed by atoms with van der Waals surface area (Å²) >= 11 is 8.73. The van der Waals surface area contributed by atoms with E-state index in [0.717, 1.165) is 10.0 Å². The molecule has 24 heavy (non-hydrogen) atoms. The summed E-state index contributed by atoms with van der Waals surface area (Å²) in [6, 6.07) is 12.5. The molecule has 0 aliphatic rings. The number of methoxy groups -OCH3 is 1. The first-order valence-corrected chi connectivity index (χ1v) is 8.14. The van der Waals surface area contributed by atoms with Crippen molar-refractivity contribution in [3.05, 3.63) is 57.3 Å². The Balaban J connectivity index is 2.04. The summed E-state index contributed by atoms with van der Waals surface area (Å²) in [5.41, 5.74) is 1.35. The van der Waals surface area contributed by atoms with Crippen LogP contribution in [-0.4, -0.2) is 33.3 Å². The Morgan fingerprint density at radius 1 is 1.33 bits per heavy atom. The molecular formula is C16H13BrN4O2S. The zero-order valence-corrected chi connectivity index (χ0v) is 15.0. The van der Waals surface area contributed by atoms with Gasteiger partial charge in [-0.05, 0) is 42.5 Å². The van der Waals surface area contributed by atoms with Crippen LogP contribution in [-0.2, 0) is 0 Å². The molecule has 0 fully saturated rings.